The molecular weight excluding hydrogens is 385 g/mol. The van der Waals surface area contributed by atoms with E-state index < -0.39 is 6.04 Å². The number of methoxy groups -OCH3 is 1. The molecule has 1 aromatic heterocycles. The van der Waals surface area contributed by atoms with Gasteiger partial charge in [0.15, 0.2) is 0 Å². The Balaban J connectivity index is 1.60. The van der Waals surface area contributed by atoms with Crippen molar-refractivity contribution in [1.82, 2.24) is 15.2 Å². The molecule has 7 heteroatoms. The topological polar surface area (TPSA) is 67.6 Å². The smallest absolute Gasteiger partial charge is 0.242 e. The molecule has 1 aliphatic rings. The minimum atomic E-state index is -0.498. The molecule has 156 valence electrons. The molecule has 1 fully saturated rings. The summed E-state index contributed by atoms with van der Waals surface area (Å²) in [5, 5.41) is 2.89. The van der Waals surface area contributed by atoms with Gasteiger partial charge in [-0.1, -0.05) is 12.1 Å². The third kappa shape index (κ3) is 3.93. The van der Waals surface area contributed by atoms with E-state index in [1.807, 2.05) is 36.9 Å². The van der Waals surface area contributed by atoms with Crippen molar-refractivity contribution in [2.24, 2.45) is 0 Å². The monoisotopic (exact) mass is 409 g/mol. The van der Waals surface area contributed by atoms with Gasteiger partial charge in [0.2, 0.25) is 11.8 Å². The fraction of sp³-hybridized carbons (Fsp3) is 0.304. The Kier molecular flexibility index (Phi) is 5.55. The number of aromatic nitrogens is 1. The van der Waals surface area contributed by atoms with Crippen molar-refractivity contribution in [3.63, 3.8) is 0 Å². The number of hydrogen-bond acceptors (Lipinski definition) is 5. The molecule has 0 aliphatic carbocycles. The predicted molar refractivity (Wildman–Crippen MR) is 111 cm³/mol. The molecule has 1 aliphatic heterocycles. The van der Waals surface area contributed by atoms with E-state index in [0.717, 1.165) is 28.1 Å². The Morgan fingerprint density at radius 1 is 1.23 bits per heavy atom. The average molecular weight is 409 g/mol. The van der Waals surface area contributed by atoms with Gasteiger partial charge in [-0.05, 0) is 55.3 Å². The van der Waals surface area contributed by atoms with Crippen molar-refractivity contribution in [1.29, 1.82) is 0 Å². The lowest BCUT2D eigenvalue weighted by Crippen LogP contribution is -2.49. The maximum atomic E-state index is 13.3. The van der Waals surface area contributed by atoms with Crippen molar-refractivity contribution >= 4 is 5.91 Å². The van der Waals surface area contributed by atoms with E-state index in [2.05, 4.69) is 5.32 Å². The molecule has 1 amide bonds. The molecule has 0 saturated carbocycles. The Bertz CT molecular complexity index is 1060. The van der Waals surface area contributed by atoms with Crippen LogP contribution < -0.4 is 10.1 Å². The number of nitrogens with zero attached hydrogens (tertiary/aromatic N) is 2. The molecule has 2 aromatic carbocycles. The van der Waals surface area contributed by atoms with Gasteiger partial charge in [0.05, 0.1) is 12.8 Å². The summed E-state index contributed by atoms with van der Waals surface area (Å²) in [6.45, 7) is 5.52. The van der Waals surface area contributed by atoms with Crippen LogP contribution in [0, 0.1) is 19.7 Å². The molecule has 3 aromatic rings. The van der Waals surface area contributed by atoms with Crippen molar-refractivity contribution in [2.75, 3.05) is 20.2 Å². The highest BCUT2D eigenvalue weighted by Crippen LogP contribution is 2.30. The number of oxazole rings is 1. The number of hydrogen-bond donors (Lipinski definition) is 1. The Morgan fingerprint density at radius 3 is 2.70 bits per heavy atom. The van der Waals surface area contributed by atoms with Crippen LogP contribution in [0.4, 0.5) is 4.39 Å². The second-order valence-electron chi connectivity index (χ2n) is 7.42. The number of piperazine rings is 1. The minimum absolute atomic E-state index is 0.0972. The number of halogens is 1. The van der Waals surface area contributed by atoms with Gasteiger partial charge in [-0.2, -0.15) is 0 Å². The molecule has 4 rings (SSSR count). The van der Waals surface area contributed by atoms with Gasteiger partial charge < -0.3 is 14.5 Å². The van der Waals surface area contributed by atoms with Crippen molar-refractivity contribution in [3.05, 3.63) is 70.9 Å². The van der Waals surface area contributed by atoms with Crippen LogP contribution in [-0.4, -0.2) is 36.0 Å². The van der Waals surface area contributed by atoms with Crippen molar-refractivity contribution in [2.45, 2.75) is 26.4 Å². The summed E-state index contributed by atoms with van der Waals surface area (Å²) in [6.07, 6.45) is 0. The van der Waals surface area contributed by atoms with Gasteiger partial charge in [-0.25, -0.2) is 9.37 Å². The number of carbonyl (C=O) groups is 1. The quantitative estimate of drug-likeness (QED) is 0.695. The van der Waals surface area contributed by atoms with Crippen molar-refractivity contribution in [3.8, 4) is 17.2 Å². The summed E-state index contributed by atoms with van der Waals surface area (Å²) in [6, 6.07) is 11.3. The van der Waals surface area contributed by atoms with Crippen LogP contribution in [0.25, 0.3) is 11.5 Å². The molecule has 30 heavy (non-hydrogen) atoms. The van der Waals surface area contributed by atoms with Crippen LogP contribution in [-0.2, 0) is 11.3 Å². The number of benzene rings is 2. The van der Waals surface area contributed by atoms with Gasteiger partial charge in [0.1, 0.15) is 23.4 Å². The molecular formula is C23H24FN3O3. The molecule has 1 saturated heterocycles. The largest absolute Gasteiger partial charge is 0.496 e. The number of aryl methyl sites for hydroxylation is 2. The number of nitrogens with one attached hydrogen (secondary N) is 1. The van der Waals surface area contributed by atoms with E-state index >= 15 is 0 Å². The number of ether oxygens (including phenoxy) is 1. The first-order valence-corrected chi connectivity index (χ1v) is 9.85. The lowest BCUT2D eigenvalue weighted by Gasteiger charge is -2.34. The number of amides is 1. The van der Waals surface area contributed by atoms with Crippen LogP contribution in [0.1, 0.15) is 28.6 Å². The van der Waals surface area contributed by atoms with Crippen LogP contribution in [0.3, 0.4) is 0 Å². The van der Waals surface area contributed by atoms with Gasteiger partial charge in [-0.15, -0.1) is 0 Å². The third-order valence-electron chi connectivity index (χ3n) is 5.38. The van der Waals surface area contributed by atoms with Crippen molar-refractivity contribution < 1.29 is 18.3 Å². The summed E-state index contributed by atoms with van der Waals surface area (Å²) in [4.78, 5) is 19.3. The highest BCUT2D eigenvalue weighted by atomic mass is 19.1. The summed E-state index contributed by atoms with van der Waals surface area (Å²) >= 11 is 0. The van der Waals surface area contributed by atoms with E-state index in [1.54, 1.807) is 19.2 Å². The molecule has 0 spiro atoms. The maximum absolute atomic E-state index is 13.3. The van der Waals surface area contributed by atoms with E-state index in [0.29, 0.717) is 31.3 Å². The van der Waals surface area contributed by atoms with Gasteiger partial charge in [0, 0.05) is 25.2 Å². The SMILES string of the molecule is COc1ccc(-c2nc(CN3CCNC(=O)C3c3ccc(F)cc3)c(C)o2)cc1C. The van der Waals surface area contributed by atoms with E-state index in [-0.39, 0.29) is 11.7 Å². The normalized spacial score (nSPS) is 17.1. The first kappa shape index (κ1) is 20.1. The summed E-state index contributed by atoms with van der Waals surface area (Å²) in [5.74, 6) is 1.63. The Hall–Kier alpha value is -3.19. The number of rotatable bonds is 5. The Labute approximate surface area is 174 Å². The molecule has 2 heterocycles. The zero-order valence-electron chi connectivity index (χ0n) is 17.2. The zero-order chi connectivity index (χ0) is 21.3. The van der Waals surface area contributed by atoms with Crippen LogP contribution in [0.15, 0.2) is 46.9 Å². The molecule has 0 bridgehead atoms. The van der Waals surface area contributed by atoms with Gasteiger partial charge >= 0.3 is 0 Å². The van der Waals surface area contributed by atoms with Gasteiger partial charge in [0.25, 0.3) is 0 Å². The fourth-order valence-electron chi connectivity index (χ4n) is 3.79. The first-order chi connectivity index (χ1) is 14.5. The molecule has 1 N–H and O–H groups in total. The maximum Gasteiger partial charge on any atom is 0.242 e. The van der Waals surface area contributed by atoms with E-state index in [1.165, 1.54) is 12.1 Å². The first-order valence-electron chi connectivity index (χ1n) is 9.85. The summed E-state index contributed by atoms with van der Waals surface area (Å²) in [5.41, 5.74) is 3.40. The van der Waals surface area contributed by atoms with E-state index in [9.17, 15) is 9.18 Å². The highest BCUT2D eigenvalue weighted by Gasteiger charge is 2.32. The second-order valence-corrected chi connectivity index (χ2v) is 7.42. The average Bonchev–Trinajstić information content (AvgIpc) is 3.09. The highest BCUT2D eigenvalue weighted by molar-refractivity contribution is 5.83. The second kappa shape index (κ2) is 8.28. The lowest BCUT2D eigenvalue weighted by molar-refractivity contribution is -0.129. The molecule has 1 atom stereocenters. The Morgan fingerprint density at radius 2 is 2.00 bits per heavy atom. The number of carbonyl (C=O) groups excluding carboxylic acids is 1. The zero-order valence-corrected chi connectivity index (χ0v) is 17.2. The van der Waals surface area contributed by atoms with Crippen LogP contribution in [0.2, 0.25) is 0 Å². The molecule has 6 nitrogen and oxygen atoms in total. The van der Waals surface area contributed by atoms with Crippen LogP contribution >= 0.6 is 0 Å². The van der Waals surface area contributed by atoms with E-state index in [4.69, 9.17) is 14.1 Å². The minimum Gasteiger partial charge on any atom is -0.496 e. The molecule has 1 unspecified atom stereocenters. The van der Waals surface area contributed by atoms with Crippen LogP contribution in [0.5, 0.6) is 5.75 Å². The lowest BCUT2D eigenvalue weighted by atomic mass is 10.0. The fourth-order valence-corrected chi connectivity index (χ4v) is 3.79. The summed E-state index contributed by atoms with van der Waals surface area (Å²) in [7, 11) is 1.64. The van der Waals surface area contributed by atoms with Gasteiger partial charge in [-0.3, -0.25) is 9.69 Å². The summed E-state index contributed by atoms with van der Waals surface area (Å²) < 4.78 is 24.6. The molecule has 0 radical (unpaired) electrons. The third-order valence-corrected chi connectivity index (χ3v) is 5.38. The predicted octanol–water partition coefficient (Wildman–Crippen LogP) is 3.78. The standard InChI is InChI=1S/C23H24FN3O3/c1-14-12-17(6-9-20(14)29-3)23-26-19(15(2)30-23)13-27-11-10-25-22(28)21(27)16-4-7-18(24)8-5-16/h4-9,12,21H,10-11,13H2,1-3H3,(H,25,28).